The van der Waals surface area contributed by atoms with Gasteiger partial charge in [0.25, 0.3) is 0 Å². The van der Waals surface area contributed by atoms with Crippen molar-refractivity contribution in [1.29, 1.82) is 0 Å². The molecule has 1 fully saturated rings. The summed E-state index contributed by atoms with van der Waals surface area (Å²) in [5.74, 6) is 1.52. The molecule has 2 heterocycles. The van der Waals surface area contributed by atoms with Crippen LogP contribution < -0.4 is 5.73 Å². The zero-order valence-corrected chi connectivity index (χ0v) is 11.6. The van der Waals surface area contributed by atoms with E-state index < -0.39 is 0 Å². The number of piperidine rings is 1. The average Bonchev–Trinajstić information content (AvgIpc) is 2.55. The van der Waals surface area contributed by atoms with Crippen molar-refractivity contribution in [2.24, 2.45) is 11.7 Å². The molecule has 0 radical (unpaired) electrons. The standard InChI is InChI=1S/C12H21N3O.ClH/c1-8-6-15(5-4-12(8)13)7-11-9(2)14-16-10(11)3;/h8,12H,4-7,13H2,1-3H3;1H. The van der Waals surface area contributed by atoms with Crippen LogP contribution >= 0.6 is 12.4 Å². The molecule has 0 saturated carbocycles. The van der Waals surface area contributed by atoms with Crippen LogP contribution in [0, 0.1) is 19.8 Å². The lowest BCUT2D eigenvalue weighted by Gasteiger charge is -2.34. The molecule has 2 rings (SSSR count). The summed E-state index contributed by atoms with van der Waals surface area (Å²) >= 11 is 0. The smallest absolute Gasteiger partial charge is 0.138 e. The number of likely N-dealkylation sites (tertiary alicyclic amines) is 1. The molecule has 4 nitrogen and oxygen atoms in total. The molecule has 17 heavy (non-hydrogen) atoms. The van der Waals surface area contributed by atoms with Crippen LogP contribution in [0.3, 0.4) is 0 Å². The summed E-state index contributed by atoms with van der Waals surface area (Å²) in [6.45, 7) is 9.31. The number of hydrogen-bond donors (Lipinski definition) is 1. The molecular weight excluding hydrogens is 238 g/mol. The summed E-state index contributed by atoms with van der Waals surface area (Å²) in [7, 11) is 0. The van der Waals surface area contributed by atoms with Gasteiger partial charge in [0, 0.05) is 24.7 Å². The Kier molecular flexibility index (Phi) is 4.98. The molecule has 0 bridgehead atoms. The minimum atomic E-state index is 0. The number of aryl methyl sites for hydroxylation is 2. The zero-order valence-electron chi connectivity index (χ0n) is 10.8. The van der Waals surface area contributed by atoms with Gasteiger partial charge in [0.1, 0.15) is 5.76 Å². The summed E-state index contributed by atoms with van der Waals surface area (Å²) in [5, 5.41) is 3.99. The maximum absolute atomic E-state index is 6.02. The first-order valence-corrected chi connectivity index (χ1v) is 5.97. The summed E-state index contributed by atoms with van der Waals surface area (Å²) < 4.78 is 5.18. The van der Waals surface area contributed by atoms with Gasteiger partial charge in [-0.1, -0.05) is 12.1 Å². The molecule has 2 atom stereocenters. The first kappa shape index (κ1) is 14.5. The molecule has 0 aromatic carbocycles. The van der Waals surface area contributed by atoms with Crippen molar-refractivity contribution < 1.29 is 4.52 Å². The molecule has 98 valence electrons. The second-order valence-electron chi connectivity index (χ2n) is 4.97. The van der Waals surface area contributed by atoms with Crippen LogP contribution in [-0.2, 0) is 6.54 Å². The Balaban J connectivity index is 0.00000144. The van der Waals surface area contributed by atoms with Gasteiger partial charge >= 0.3 is 0 Å². The van der Waals surface area contributed by atoms with E-state index in [0.29, 0.717) is 12.0 Å². The van der Waals surface area contributed by atoms with Gasteiger partial charge in [-0.2, -0.15) is 0 Å². The fourth-order valence-electron chi connectivity index (χ4n) is 2.34. The third-order valence-corrected chi connectivity index (χ3v) is 3.62. The van der Waals surface area contributed by atoms with E-state index >= 15 is 0 Å². The summed E-state index contributed by atoms with van der Waals surface area (Å²) in [6.07, 6.45) is 1.09. The van der Waals surface area contributed by atoms with Crippen molar-refractivity contribution in [2.75, 3.05) is 13.1 Å². The van der Waals surface area contributed by atoms with Crippen molar-refractivity contribution >= 4 is 12.4 Å². The Morgan fingerprint density at radius 2 is 2.18 bits per heavy atom. The number of aromatic nitrogens is 1. The first-order valence-electron chi connectivity index (χ1n) is 5.97. The van der Waals surface area contributed by atoms with E-state index in [-0.39, 0.29) is 12.4 Å². The molecule has 0 amide bonds. The number of nitrogens with zero attached hydrogens (tertiary/aromatic N) is 2. The van der Waals surface area contributed by atoms with Gasteiger partial charge in [-0.25, -0.2) is 0 Å². The van der Waals surface area contributed by atoms with Gasteiger partial charge in [-0.3, -0.25) is 4.90 Å². The molecule has 5 heteroatoms. The number of halogens is 1. The molecule has 1 aromatic rings. The Morgan fingerprint density at radius 1 is 1.47 bits per heavy atom. The van der Waals surface area contributed by atoms with Gasteiger partial charge in [-0.05, 0) is 32.7 Å². The topological polar surface area (TPSA) is 55.3 Å². The van der Waals surface area contributed by atoms with Crippen molar-refractivity contribution in [1.82, 2.24) is 10.1 Å². The van der Waals surface area contributed by atoms with Gasteiger partial charge in [-0.15, -0.1) is 12.4 Å². The van der Waals surface area contributed by atoms with Crippen LogP contribution in [0.1, 0.15) is 30.4 Å². The molecule has 1 aliphatic heterocycles. The Labute approximate surface area is 109 Å². The highest BCUT2D eigenvalue weighted by atomic mass is 35.5. The maximum Gasteiger partial charge on any atom is 0.138 e. The third-order valence-electron chi connectivity index (χ3n) is 3.62. The van der Waals surface area contributed by atoms with Crippen LogP contribution in [0.2, 0.25) is 0 Å². The van der Waals surface area contributed by atoms with E-state index in [1.54, 1.807) is 0 Å². The van der Waals surface area contributed by atoms with E-state index in [4.69, 9.17) is 10.3 Å². The minimum absolute atomic E-state index is 0. The molecule has 2 unspecified atom stereocenters. The quantitative estimate of drug-likeness (QED) is 0.881. The lowest BCUT2D eigenvalue weighted by Crippen LogP contribution is -2.45. The minimum Gasteiger partial charge on any atom is -0.361 e. The van der Waals surface area contributed by atoms with Crippen molar-refractivity contribution in [3.8, 4) is 0 Å². The molecule has 1 saturated heterocycles. The largest absolute Gasteiger partial charge is 0.361 e. The number of rotatable bonds is 2. The van der Waals surface area contributed by atoms with Crippen molar-refractivity contribution in [2.45, 2.75) is 39.8 Å². The Morgan fingerprint density at radius 3 is 2.71 bits per heavy atom. The molecular formula is C12H22ClN3O. The van der Waals surface area contributed by atoms with E-state index in [9.17, 15) is 0 Å². The summed E-state index contributed by atoms with van der Waals surface area (Å²) in [4.78, 5) is 2.44. The average molecular weight is 260 g/mol. The van der Waals surface area contributed by atoms with Crippen molar-refractivity contribution in [3.05, 3.63) is 17.0 Å². The summed E-state index contributed by atoms with van der Waals surface area (Å²) in [5.41, 5.74) is 8.27. The van der Waals surface area contributed by atoms with Crippen LogP contribution in [0.4, 0.5) is 0 Å². The van der Waals surface area contributed by atoms with E-state index in [1.165, 1.54) is 5.56 Å². The lowest BCUT2D eigenvalue weighted by atomic mass is 9.94. The maximum atomic E-state index is 6.02. The summed E-state index contributed by atoms with van der Waals surface area (Å²) in [6, 6.07) is 0.362. The van der Waals surface area contributed by atoms with Crippen molar-refractivity contribution in [3.63, 3.8) is 0 Å². The van der Waals surface area contributed by atoms with E-state index in [0.717, 1.165) is 37.5 Å². The van der Waals surface area contributed by atoms with Gasteiger partial charge in [0.15, 0.2) is 0 Å². The monoisotopic (exact) mass is 259 g/mol. The number of hydrogen-bond acceptors (Lipinski definition) is 4. The zero-order chi connectivity index (χ0) is 11.7. The van der Waals surface area contributed by atoms with Crippen LogP contribution in [-0.4, -0.2) is 29.2 Å². The lowest BCUT2D eigenvalue weighted by molar-refractivity contribution is 0.157. The fourth-order valence-corrected chi connectivity index (χ4v) is 2.34. The van der Waals surface area contributed by atoms with E-state index in [2.05, 4.69) is 17.0 Å². The normalized spacial score (nSPS) is 25.6. The predicted molar refractivity (Wildman–Crippen MR) is 70.3 cm³/mol. The highest BCUT2D eigenvalue weighted by Gasteiger charge is 2.24. The van der Waals surface area contributed by atoms with Crippen LogP contribution in [0.5, 0.6) is 0 Å². The fraction of sp³-hybridized carbons (Fsp3) is 0.750. The van der Waals surface area contributed by atoms with Gasteiger partial charge < -0.3 is 10.3 Å². The second-order valence-corrected chi connectivity index (χ2v) is 4.97. The second kappa shape index (κ2) is 5.85. The molecule has 0 aliphatic carbocycles. The van der Waals surface area contributed by atoms with Gasteiger partial charge in [0.05, 0.1) is 5.69 Å². The Hall–Kier alpha value is -0.580. The first-order chi connectivity index (χ1) is 7.58. The highest BCUT2D eigenvalue weighted by molar-refractivity contribution is 5.85. The molecule has 1 aromatic heterocycles. The van der Waals surface area contributed by atoms with Gasteiger partial charge in [0.2, 0.25) is 0 Å². The van der Waals surface area contributed by atoms with Crippen LogP contribution in [0.25, 0.3) is 0 Å². The van der Waals surface area contributed by atoms with E-state index in [1.807, 2.05) is 13.8 Å². The third kappa shape index (κ3) is 3.21. The molecule has 2 N–H and O–H groups in total. The number of nitrogens with two attached hydrogens (primary N) is 1. The molecule has 1 aliphatic rings. The predicted octanol–water partition coefficient (Wildman–Crippen LogP) is 1.88. The SMILES string of the molecule is Cc1noc(C)c1CN1CCC(N)C(C)C1.Cl. The highest BCUT2D eigenvalue weighted by Crippen LogP contribution is 2.20. The Bertz CT molecular complexity index is 347. The van der Waals surface area contributed by atoms with Crippen LogP contribution in [0.15, 0.2) is 4.52 Å². The molecule has 0 spiro atoms.